The Bertz CT molecular complexity index is 1560. The van der Waals surface area contributed by atoms with Crippen molar-refractivity contribution in [1.29, 1.82) is 0 Å². The summed E-state index contributed by atoms with van der Waals surface area (Å²) >= 11 is 1.64. The van der Waals surface area contributed by atoms with Gasteiger partial charge in [0.2, 0.25) is 0 Å². The van der Waals surface area contributed by atoms with Gasteiger partial charge < -0.3 is 9.88 Å². The van der Waals surface area contributed by atoms with Crippen LogP contribution in [0.15, 0.2) is 60.4 Å². The van der Waals surface area contributed by atoms with Crippen molar-refractivity contribution in [1.82, 2.24) is 35.1 Å². The Morgan fingerprint density at radius 1 is 0.938 bits per heavy atom. The van der Waals surface area contributed by atoms with Crippen molar-refractivity contribution < 1.29 is 0 Å². The van der Waals surface area contributed by atoms with Crippen LogP contribution in [0.1, 0.15) is 0 Å². The van der Waals surface area contributed by atoms with Gasteiger partial charge in [0.15, 0.2) is 11.5 Å². The summed E-state index contributed by atoms with van der Waals surface area (Å²) in [5, 5.41) is 9.62. The molecule has 0 atom stereocenters. The molecule has 0 saturated heterocycles. The summed E-state index contributed by atoms with van der Waals surface area (Å²) < 4.78 is 0. The van der Waals surface area contributed by atoms with Crippen molar-refractivity contribution >= 4 is 39.1 Å². The van der Waals surface area contributed by atoms with E-state index in [1.807, 2.05) is 61.0 Å². The number of rotatable bonds is 4. The van der Waals surface area contributed by atoms with Gasteiger partial charge in [0.1, 0.15) is 16.7 Å². The van der Waals surface area contributed by atoms with Crippen molar-refractivity contribution in [2.75, 3.05) is 19.0 Å². The van der Waals surface area contributed by atoms with Crippen LogP contribution in [0.3, 0.4) is 0 Å². The number of aromatic nitrogens is 7. The molecular weight excluding hydrogens is 420 g/mol. The Morgan fingerprint density at radius 2 is 1.84 bits per heavy atom. The first-order chi connectivity index (χ1) is 15.7. The Morgan fingerprint density at radius 3 is 2.69 bits per heavy atom. The smallest absolute Gasteiger partial charge is 0.161 e. The Labute approximate surface area is 187 Å². The van der Waals surface area contributed by atoms with Crippen LogP contribution in [-0.2, 0) is 0 Å². The first kappa shape index (κ1) is 18.6. The maximum atomic E-state index is 4.90. The summed E-state index contributed by atoms with van der Waals surface area (Å²) in [6.45, 7) is 0. The second-order valence-electron chi connectivity index (χ2n) is 7.61. The highest BCUT2D eigenvalue weighted by Gasteiger charge is 2.17. The fourth-order valence-electron chi connectivity index (χ4n) is 3.68. The zero-order valence-corrected chi connectivity index (χ0v) is 18.2. The molecule has 0 aliphatic rings. The lowest BCUT2D eigenvalue weighted by Gasteiger charge is -2.12. The van der Waals surface area contributed by atoms with Gasteiger partial charge in [0.25, 0.3) is 0 Å². The van der Waals surface area contributed by atoms with Crippen LogP contribution in [0.5, 0.6) is 0 Å². The highest BCUT2D eigenvalue weighted by Crippen LogP contribution is 2.32. The zero-order chi connectivity index (χ0) is 21.7. The van der Waals surface area contributed by atoms with Gasteiger partial charge in [0, 0.05) is 32.1 Å². The number of imidazole rings is 1. The minimum absolute atomic E-state index is 0.655. The standard InChI is InChI=1S/C23H18N8S/c1-31(2)14-10-13(11-24-12-14)15-5-6-17-20(26-15)22(30-29-17)23-27-16-7-8-25-21(19(16)28-23)18-4-3-9-32-18/h3-12H,1-2H3,(H,27,28)(H,29,30). The average molecular weight is 439 g/mol. The number of hydrogen-bond acceptors (Lipinski definition) is 7. The van der Waals surface area contributed by atoms with Crippen molar-refractivity contribution in [3.05, 3.63) is 60.4 Å². The van der Waals surface area contributed by atoms with E-state index in [4.69, 9.17) is 9.97 Å². The largest absolute Gasteiger partial charge is 0.376 e. The summed E-state index contributed by atoms with van der Waals surface area (Å²) in [5.74, 6) is 0.655. The molecule has 0 spiro atoms. The van der Waals surface area contributed by atoms with E-state index in [1.54, 1.807) is 17.5 Å². The minimum atomic E-state index is 0.655. The van der Waals surface area contributed by atoms with Crippen molar-refractivity contribution in [2.45, 2.75) is 0 Å². The minimum Gasteiger partial charge on any atom is -0.376 e. The quantitative estimate of drug-likeness (QED) is 0.412. The van der Waals surface area contributed by atoms with E-state index in [0.29, 0.717) is 11.5 Å². The molecule has 32 heavy (non-hydrogen) atoms. The Kier molecular flexibility index (Phi) is 4.22. The van der Waals surface area contributed by atoms with Crippen LogP contribution in [0.2, 0.25) is 0 Å². The average Bonchev–Trinajstić information content (AvgIpc) is 3.57. The molecule has 9 heteroatoms. The number of anilines is 1. The van der Waals surface area contributed by atoms with E-state index in [1.165, 1.54) is 0 Å². The molecule has 6 heterocycles. The number of aromatic amines is 2. The Hall–Kier alpha value is -4.11. The van der Waals surface area contributed by atoms with Crippen LogP contribution in [0, 0.1) is 0 Å². The van der Waals surface area contributed by atoms with Gasteiger partial charge in [0.05, 0.1) is 33.5 Å². The lowest BCUT2D eigenvalue weighted by atomic mass is 10.1. The monoisotopic (exact) mass is 438 g/mol. The second-order valence-corrected chi connectivity index (χ2v) is 8.56. The molecule has 6 aromatic rings. The van der Waals surface area contributed by atoms with Crippen molar-refractivity contribution in [3.8, 4) is 33.3 Å². The molecule has 2 N–H and O–H groups in total. The third-order valence-corrected chi connectivity index (χ3v) is 6.20. The van der Waals surface area contributed by atoms with Gasteiger partial charge in [-0.25, -0.2) is 9.97 Å². The highest BCUT2D eigenvalue weighted by atomic mass is 32.1. The third-order valence-electron chi connectivity index (χ3n) is 5.32. The summed E-state index contributed by atoms with van der Waals surface area (Å²) in [4.78, 5) is 25.2. The molecule has 156 valence electrons. The van der Waals surface area contributed by atoms with Crippen LogP contribution in [-0.4, -0.2) is 49.2 Å². The summed E-state index contributed by atoms with van der Waals surface area (Å²) in [7, 11) is 3.99. The SMILES string of the molecule is CN(C)c1cncc(-c2ccc3[nH]nc(-c4nc5c(-c6cccs6)nccc5[nH]4)c3n2)c1. The molecule has 0 aromatic carbocycles. The fourth-order valence-corrected chi connectivity index (χ4v) is 4.40. The molecule has 0 bridgehead atoms. The molecule has 0 radical (unpaired) electrons. The molecule has 0 fully saturated rings. The van der Waals surface area contributed by atoms with E-state index < -0.39 is 0 Å². The molecule has 6 aromatic heterocycles. The van der Waals surface area contributed by atoms with Crippen molar-refractivity contribution in [2.24, 2.45) is 0 Å². The molecular formula is C23H18N8S. The number of H-pyrrole nitrogens is 2. The van der Waals surface area contributed by atoms with Crippen LogP contribution >= 0.6 is 11.3 Å². The third kappa shape index (κ3) is 3.02. The first-order valence-corrected chi connectivity index (χ1v) is 10.9. The summed E-state index contributed by atoms with van der Waals surface area (Å²) in [6, 6.07) is 12.0. The number of hydrogen-bond donors (Lipinski definition) is 2. The van der Waals surface area contributed by atoms with E-state index in [2.05, 4.69) is 37.3 Å². The molecule has 0 aliphatic carbocycles. The summed E-state index contributed by atoms with van der Waals surface area (Å²) in [5.41, 5.74) is 7.65. The molecule has 8 nitrogen and oxygen atoms in total. The number of nitrogens with zero attached hydrogens (tertiary/aromatic N) is 6. The van der Waals surface area contributed by atoms with Crippen LogP contribution in [0.4, 0.5) is 5.69 Å². The van der Waals surface area contributed by atoms with Gasteiger partial charge in [-0.2, -0.15) is 5.10 Å². The van der Waals surface area contributed by atoms with E-state index in [-0.39, 0.29) is 0 Å². The molecule has 0 amide bonds. The molecule has 0 unspecified atom stereocenters. The van der Waals surface area contributed by atoms with Gasteiger partial charge in [-0.15, -0.1) is 11.3 Å². The van der Waals surface area contributed by atoms with Gasteiger partial charge >= 0.3 is 0 Å². The summed E-state index contributed by atoms with van der Waals surface area (Å²) in [6.07, 6.45) is 5.45. The molecule has 0 aliphatic heterocycles. The van der Waals surface area contributed by atoms with E-state index >= 15 is 0 Å². The van der Waals surface area contributed by atoms with Crippen LogP contribution < -0.4 is 4.90 Å². The number of fused-ring (bicyclic) bond motifs is 2. The predicted molar refractivity (Wildman–Crippen MR) is 128 cm³/mol. The topological polar surface area (TPSA) is 99.3 Å². The highest BCUT2D eigenvalue weighted by molar-refractivity contribution is 7.13. The zero-order valence-electron chi connectivity index (χ0n) is 17.4. The normalized spacial score (nSPS) is 11.4. The number of thiophene rings is 1. The van der Waals surface area contributed by atoms with Gasteiger partial charge in [-0.05, 0) is 35.7 Å². The molecule has 6 rings (SSSR count). The lowest BCUT2D eigenvalue weighted by Crippen LogP contribution is -2.08. The number of pyridine rings is 3. The van der Waals surface area contributed by atoms with E-state index in [0.717, 1.165) is 49.6 Å². The van der Waals surface area contributed by atoms with E-state index in [9.17, 15) is 0 Å². The van der Waals surface area contributed by atoms with Crippen LogP contribution in [0.25, 0.3) is 55.4 Å². The number of nitrogens with one attached hydrogen (secondary N) is 2. The fraction of sp³-hybridized carbons (Fsp3) is 0.0870. The van der Waals surface area contributed by atoms with Gasteiger partial charge in [-0.1, -0.05) is 6.07 Å². The molecule has 0 saturated carbocycles. The maximum Gasteiger partial charge on any atom is 0.161 e. The second kappa shape index (κ2) is 7.24. The van der Waals surface area contributed by atoms with Gasteiger partial charge in [-0.3, -0.25) is 15.1 Å². The first-order valence-electron chi connectivity index (χ1n) is 10.0. The predicted octanol–water partition coefficient (Wildman–Crippen LogP) is 4.75. The lowest BCUT2D eigenvalue weighted by molar-refractivity contribution is 1.10. The maximum absolute atomic E-state index is 4.90. The Balaban J connectivity index is 1.49. The van der Waals surface area contributed by atoms with Crippen molar-refractivity contribution in [3.63, 3.8) is 0 Å².